The molecule has 1 rings (SSSR count). The topological polar surface area (TPSA) is 126 Å². The molecular weight excluding hydrogens is 318 g/mol. The van der Waals surface area contributed by atoms with Gasteiger partial charge >= 0.3 is 0 Å². The van der Waals surface area contributed by atoms with Gasteiger partial charge in [-0.05, 0) is 33.6 Å². The molecule has 0 fully saturated rings. The van der Waals surface area contributed by atoms with Crippen molar-refractivity contribution in [1.82, 2.24) is 0 Å². The Labute approximate surface area is 113 Å². The Bertz CT molecular complexity index is 488. The Morgan fingerprint density at radius 1 is 1.00 bits per heavy atom. The predicted octanol–water partition coefficient (Wildman–Crippen LogP) is -0.388. The molecule has 0 spiro atoms. The summed E-state index contributed by atoms with van der Waals surface area (Å²) in [6.07, 6.45) is 1.70. The van der Waals surface area contributed by atoms with Crippen LogP contribution in [0, 0.1) is 0 Å². The van der Waals surface area contributed by atoms with Crippen LogP contribution < -0.4 is 19.6 Å². The van der Waals surface area contributed by atoms with Crippen molar-refractivity contribution in [2.24, 2.45) is 0 Å². The molecule has 10 heteroatoms. The van der Waals surface area contributed by atoms with Gasteiger partial charge in [0.2, 0.25) is 0 Å². The van der Waals surface area contributed by atoms with Crippen LogP contribution in [0.1, 0.15) is 0 Å². The van der Waals surface area contributed by atoms with Crippen molar-refractivity contribution in [3.63, 3.8) is 0 Å². The minimum atomic E-state index is -5.53. The van der Waals surface area contributed by atoms with E-state index in [4.69, 9.17) is 0 Å². The molecule has 0 amide bonds. The van der Waals surface area contributed by atoms with E-state index < -0.39 is 19.9 Å². The molecule has 1 aromatic rings. The van der Waals surface area contributed by atoms with Gasteiger partial charge in [-0.2, -0.15) is 0 Å². The number of hydrogen-bond donors (Lipinski definition) is 0. The molecule has 6 nitrogen and oxygen atoms in total. The lowest BCUT2D eigenvalue weighted by Crippen LogP contribution is -2.31. The largest absolute Gasteiger partial charge is 0.810 e. The van der Waals surface area contributed by atoms with Crippen LogP contribution in [0.3, 0.4) is 0 Å². The number of rotatable bonds is 5. The first kappa shape index (κ1) is 16.3. The van der Waals surface area contributed by atoms with Crippen molar-refractivity contribution in [3.8, 4) is 0 Å². The van der Waals surface area contributed by atoms with E-state index >= 15 is 0 Å². The molecule has 0 aliphatic carbocycles. The van der Waals surface area contributed by atoms with Gasteiger partial charge in [0.25, 0.3) is 0 Å². The fourth-order valence-electron chi connectivity index (χ4n) is 1.13. The van der Waals surface area contributed by atoms with Gasteiger partial charge in [-0.1, -0.05) is 12.1 Å². The van der Waals surface area contributed by atoms with Gasteiger partial charge in [0, 0.05) is 9.79 Å². The summed E-state index contributed by atoms with van der Waals surface area (Å²) in [5, 5.41) is 0. The highest BCUT2D eigenvalue weighted by molar-refractivity contribution is 8.12. The summed E-state index contributed by atoms with van der Waals surface area (Å²) < 4.78 is 19.2. The summed E-state index contributed by atoms with van der Waals surface area (Å²) >= 11 is 1.51. The van der Waals surface area contributed by atoms with Crippen LogP contribution in [0.4, 0.5) is 0 Å². The highest BCUT2D eigenvalue weighted by atomic mass is 32.2. The summed E-state index contributed by atoms with van der Waals surface area (Å²) in [5.41, 5.74) is 0. The summed E-state index contributed by atoms with van der Waals surface area (Å²) in [5.74, 6) is 0. The van der Waals surface area contributed by atoms with E-state index in [-0.39, 0.29) is 16.7 Å². The van der Waals surface area contributed by atoms with Crippen LogP contribution in [0.15, 0.2) is 34.1 Å². The molecule has 0 saturated heterocycles. The van der Waals surface area contributed by atoms with Crippen LogP contribution in [0.2, 0.25) is 0 Å². The first-order valence-corrected chi connectivity index (χ1v) is 9.82. The third-order valence-electron chi connectivity index (χ3n) is 1.84. The SMILES string of the molecule is CSc1ccccc1SC(P(=O)([O-])[O-])P(=O)([O-])[O-]. The first-order valence-electron chi connectivity index (χ1n) is 4.49. The van der Waals surface area contributed by atoms with Crippen LogP contribution in [-0.2, 0) is 9.13 Å². The van der Waals surface area contributed by atoms with E-state index in [1.54, 1.807) is 24.5 Å². The standard InChI is InChI=1S/C8H12O6P2S2/c1-17-6-4-2-3-5-7(6)18-8(15(9,10)11)16(12,13)14/h2-5,8H,1H3,(H2,9,10,11)(H2,12,13,14)/p-4. The summed E-state index contributed by atoms with van der Waals surface area (Å²) in [4.78, 5) is 44.3. The second-order valence-corrected chi connectivity index (χ2v) is 9.47. The summed E-state index contributed by atoms with van der Waals surface area (Å²) in [6.45, 7) is 0. The molecule has 102 valence electrons. The van der Waals surface area contributed by atoms with Crippen LogP contribution in [-0.4, -0.2) is 11.0 Å². The van der Waals surface area contributed by atoms with Gasteiger partial charge in [-0.3, -0.25) is 0 Å². The Balaban J connectivity index is 3.13. The smallest absolute Gasteiger partial charge is 0.0644 e. The van der Waals surface area contributed by atoms with Crippen molar-refractivity contribution < 1.29 is 28.7 Å². The Morgan fingerprint density at radius 2 is 1.44 bits per heavy atom. The van der Waals surface area contributed by atoms with Gasteiger partial charge in [0.05, 0.1) is 4.73 Å². The molecule has 0 aliphatic heterocycles. The highest BCUT2D eigenvalue weighted by Gasteiger charge is 2.20. The average Bonchev–Trinajstić information content (AvgIpc) is 2.23. The van der Waals surface area contributed by atoms with Crippen molar-refractivity contribution >= 4 is 38.7 Å². The molecule has 0 N–H and O–H groups in total. The maximum absolute atomic E-state index is 10.9. The fraction of sp³-hybridized carbons (Fsp3) is 0.250. The maximum Gasteiger partial charge on any atom is 0.0644 e. The highest BCUT2D eigenvalue weighted by Crippen LogP contribution is 2.58. The van der Waals surface area contributed by atoms with E-state index in [1.807, 2.05) is 0 Å². The minimum absolute atomic E-state index is 0.257. The summed E-state index contributed by atoms with van der Waals surface area (Å²) in [6, 6.07) is 6.31. The van der Waals surface area contributed by atoms with E-state index in [9.17, 15) is 28.7 Å². The van der Waals surface area contributed by atoms with Gasteiger partial charge in [-0.25, -0.2) is 0 Å². The van der Waals surface area contributed by atoms with Gasteiger partial charge in [0.15, 0.2) is 0 Å². The van der Waals surface area contributed by atoms with E-state index in [2.05, 4.69) is 0 Å². The Kier molecular flexibility index (Phi) is 5.53. The minimum Gasteiger partial charge on any atom is -0.810 e. The van der Waals surface area contributed by atoms with Crippen LogP contribution >= 0.6 is 38.7 Å². The van der Waals surface area contributed by atoms with Crippen molar-refractivity contribution in [3.05, 3.63) is 24.3 Å². The zero-order valence-corrected chi connectivity index (χ0v) is 12.5. The first-order chi connectivity index (χ1) is 8.16. The van der Waals surface area contributed by atoms with Crippen molar-refractivity contribution in [2.45, 2.75) is 14.5 Å². The second kappa shape index (κ2) is 6.11. The predicted molar refractivity (Wildman–Crippen MR) is 63.1 cm³/mol. The molecule has 18 heavy (non-hydrogen) atoms. The zero-order chi connectivity index (χ0) is 14.0. The Hall–Kier alpha value is 0.220. The molecular formula is C8H8O6P2S2-4. The third kappa shape index (κ3) is 4.40. The molecule has 0 heterocycles. The van der Waals surface area contributed by atoms with E-state index in [0.717, 1.165) is 0 Å². The lowest BCUT2D eigenvalue weighted by Gasteiger charge is -2.48. The summed E-state index contributed by atoms with van der Waals surface area (Å²) in [7, 11) is -11.1. The monoisotopic (exact) mass is 326 g/mol. The molecule has 0 atom stereocenters. The lowest BCUT2D eigenvalue weighted by molar-refractivity contribution is -0.326. The molecule has 0 radical (unpaired) electrons. The van der Waals surface area contributed by atoms with Gasteiger partial charge < -0.3 is 28.7 Å². The van der Waals surface area contributed by atoms with Crippen molar-refractivity contribution in [1.29, 1.82) is 0 Å². The second-order valence-electron chi connectivity index (χ2n) is 3.17. The molecule has 0 bridgehead atoms. The average molecular weight is 326 g/mol. The quantitative estimate of drug-likeness (QED) is 0.529. The number of thioether (sulfide) groups is 2. The normalized spacial score (nSPS) is 13.0. The lowest BCUT2D eigenvalue weighted by atomic mass is 10.4. The fourth-order valence-corrected chi connectivity index (χ4v) is 5.68. The Morgan fingerprint density at radius 3 is 1.83 bits per heavy atom. The van der Waals surface area contributed by atoms with Gasteiger partial charge in [-0.15, -0.1) is 23.5 Å². The molecule has 0 saturated carbocycles. The maximum atomic E-state index is 10.9. The molecule has 0 unspecified atom stereocenters. The molecule has 0 aromatic heterocycles. The number of benzene rings is 1. The molecule has 0 aliphatic rings. The van der Waals surface area contributed by atoms with Crippen LogP contribution in [0.5, 0.6) is 0 Å². The van der Waals surface area contributed by atoms with Gasteiger partial charge in [0.1, 0.15) is 0 Å². The van der Waals surface area contributed by atoms with E-state index in [1.165, 1.54) is 17.8 Å². The number of hydrogen-bond acceptors (Lipinski definition) is 8. The zero-order valence-electron chi connectivity index (χ0n) is 9.05. The third-order valence-corrected chi connectivity index (χ3v) is 8.55. The molecule has 1 aromatic carbocycles. The van der Waals surface area contributed by atoms with Crippen molar-refractivity contribution in [2.75, 3.05) is 6.26 Å². The van der Waals surface area contributed by atoms with Crippen LogP contribution in [0.25, 0.3) is 0 Å². The van der Waals surface area contributed by atoms with E-state index in [0.29, 0.717) is 4.90 Å².